The minimum absolute atomic E-state index is 0.110. The fraction of sp³-hybridized carbons (Fsp3) is 0.429. The van der Waals surface area contributed by atoms with Crippen molar-refractivity contribution in [1.82, 2.24) is 20.0 Å². The van der Waals surface area contributed by atoms with Crippen molar-refractivity contribution in [2.24, 2.45) is 5.92 Å². The topological polar surface area (TPSA) is 72.1 Å². The molecule has 144 valence electrons. The molecule has 0 radical (unpaired) electrons. The highest BCUT2D eigenvalue weighted by atomic mass is 32.1. The predicted molar refractivity (Wildman–Crippen MR) is 106 cm³/mol. The summed E-state index contributed by atoms with van der Waals surface area (Å²) in [7, 11) is 0. The second-order valence-corrected chi connectivity index (χ2v) is 8.71. The summed E-state index contributed by atoms with van der Waals surface area (Å²) in [5.74, 6) is 2.08. The smallest absolute Gasteiger partial charge is 0.258 e. The van der Waals surface area contributed by atoms with Crippen LogP contribution in [0, 0.1) is 5.92 Å². The zero-order valence-electron chi connectivity index (χ0n) is 15.6. The Morgan fingerprint density at radius 2 is 2.14 bits per heavy atom. The van der Waals surface area contributed by atoms with Gasteiger partial charge in [-0.3, -0.25) is 9.78 Å². The van der Waals surface area contributed by atoms with E-state index in [1.807, 2.05) is 33.9 Å². The van der Waals surface area contributed by atoms with Gasteiger partial charge < -0.3 is 9.42 Å². The van der Waals surface area contributed by atoms with Crippen LogP contribution in [0.1, 0.15) is 48.3 Å². The SMILES string of the molecule is O=C(c1ccsc1)N1CCCC(CC2CC2)(c2noc(-c3ccncc3)n2)C1. The third-order valence-corrected chi connectivity index (χ3v) is 6.52. The van der Waals surface area contributed by atoms with Crippen LogP contribution in [-0.4, -0.2) is 39.0 Å². The summed E-state index contributed by atoms with van der Waals surface area (Å²) in [6, 6.07) is 5.65. The molecule has 4 heterocycles. The first-order valence-corrected chi connectivity index (χ1v) is 10.7. The molecular weight excluding hydrogens is 372 g/mol. The average molecular weight is 395 g/mol. The van der Waals surface area contributed by atoms with Gasteiger partial charge in [-0.2, -0.15) is 16.3 Å². The monoisotopic (exact) mass is 394 g/mol. The number of thiophene rings is 1. The predicted octanol–water partition coefficient (Wildman–Crippen LogP) is 4.17. The van der Waals surface area contributed by atoms with Gasteiger partial charge in [0, 0.05) is 36.4 Å². The highest BCUT2D eigenvalue weighted by molar-refractivity contribution is 7.08. The molecule has 0 spiro atoms. The molecule has 7 heteroatoms. The molecule has 2 fully saturated rings. The zero-order valence-corrected chi connectivity index (χ0v) is 16.4. The average Bonchev–Trinajstić information content (AvgIpc) is 3.20. The number of aromatic nitrogens is 3. The Labute approximate surface area is 167 Å². The van der Waals surface area contributed by atoms with Crippen LogP contribution in [0.4, 0.5) is 0 Å². The molecule has 5 rings (SSSR count). The van der Waals surface area contributed by atoms with E-state index in [1.54, 1.807) is 23.7 Å². The largest absolute Gasteiger partial charge is 0.338 e. The van der Waals surface area contributed by atoms with Crippen LogP contribution in [0.5, 0.6) is 0 Å². The first-order chi connectivity index (χ1) is 13.7. The summed E-state index contributed by atoms with van der Waals surface area (Å²) in [5, 5.41) is 8.26. The lowest BCUT2D eigenvalue weighted by Crippen LogP contribution is -2.49. The Morgan fingerprint density at radius 3 is 2.89 bits per heavy atom. The first kappa shape index (κ1) is 17.6. The third kappa shape index (κ3) is 3.35. The van der Waals surface area contributed by atoms with Crippen LogP contribution in [0.15, 0.2) is 45.9 Å². The van der Waals surface area contributed by atoms with Gasteiger partial charge in [-0.25, -0.2) is 0 Å². The quantitative estimate of drug-likeness (QED) is 0.649. The Hall–Kier alpha value is -2.54. The van der Waals surface area contributed by atoms with Gasteiger partial charge in [0.1, 0.15) is 0 Å². The van der Waals surface area contributed by atoms with Crippen molar-refractivity contribution in [2.45, 2.75) is 37.5 Å². The van der Waals surface area contributed by atoms with E-state index < -0.39 is 0 Å². The molecule has 2 aliphatic rings. The second-order valence-electron chi connectivity index (χ2n) is 7.93. The van der Waals surface area contributed by atoms with Crippen molar-refractivity contribution in [3.63, 3.8) is 0 Å². The number of rotatable bonds is 5. The van der Waals surface area contributed by atoms with E-state index >= 15 is 0 Å². The molecule has 0 N–H and O–H groups in total. The minimum Gasteiger partial charge on any atom is -0.338 e. The van der Waals surface area contributed by atoms with Gasteiger partial charge >= 0.3 is 0 Å². The molecule has 1 aliphatic carbocycles. The number of piperidine rings is 1. The fourth-order valence-electron chi connectivity index (χ4n) is 4.24. The van der Waals surface area contributed by atoms with Crippen LogP contribution in [0.2, 0.25) is 0 Å². The summed E-state index contributed by atoms with van der Waals surface area (Å²) >= 11 is 1.56. The van der Waals surface area contributed by atoms with Crippen LogP contribution in [-0.2, 0) is 5.41 Å². The molecule has 1 unspecified atom stereocenters. The van der Waals surface area contributed by atoms with Gasteiger partial charge in [0.25, 0.3) is 11.8 Å². The Balaban J connectivity index is 1.45. The van der Waals surface area contributed by atoms with Crippen LogP contribution >= 0.6 is 11.3 Å². The summed E-state index contributed by atoms with van der Waals surface area (Å²) in [4.78, 5) is 23.8. The molecular formula is C21H22N4O2S. The molecule has 1 saturated carbocycles. The van der Waals surface area contributed by atoms with E-state index in [0.717, 1.165) is 42.8 Å². The number of hydrogen-bond acceptors (Lipinski definition) is 6. The lowest BCUT2D eigenvalue weighted by atomic mass is 9.74. The van der Waals surface area contributed by atoms with Gasteiger partial charge in [0.2, 0.25) is 0 Å². The van der Waals surface area contributed by atoms with Crippen molar-refractivity contribution in [2.75, 3.05) is 13.1 Å². The number of hydrogen-bond donors (Lipinski definition) is 0. The van der Waals surface area contributed by atoms with Gasteiger partial charge in [-0.05, 0) is 48.8 Å². The Bertz CT molecular complexity index is 952. The van der Waals surface area contributed by atoms with Crippen molar-refractivity contribution >= 4 is 17.2 Å². The molecule has 3 aromatic rings. The standard InChI is InChI=1S/C21H22N4O2S/c26-19(17-6-11-28-13-17)25-10-1-7-21(14-25,12-15-2-3-15)20-23-18(27-24-20)16-4-8-22-9-5-16/h4-6,8-9,11,13,15H,1-3,7,10,12,14H2. The van der Waals surface area contributed by atoms with Crippen LogP contribution in [0.25, 0.3) is 11.5 Å². The summed E-state index contributed by atoms with van der Waals surface area (Å²) in [6.07, 6.45) is 8.94. The molecule has 1 saturated heterocycles. The zero-order chi connectivity index (χ0) is 19.0. The number of likely N-dealkylation sites (tertiary alicyclic amines) is 1. The van der Waals surface area contributed by atoms with E-state index in [4.69, 9.17) is 9.51 Å². The van der Waals surface area contributed by atoms with Crippen molar-refractivity contribution in [1.29, 1.82) is 0 Å². The number of carbonyl (C=O) groups excluding carboxylic acids is 1. The first-order valence-electron chi connectivity index (χ1n) is 9.80. The van der Waals surface area contributed by atoms with Crippen molar-refractivity contribution in [3.05, 3.63) is 52.7 Å². The number of carbonyl (C=O) groups is 1. The van der Waals surface area contributed by atoms with Gasteiger partial charge in [0.05, 0.1) is 11.0 Å². The van der Waals surface area contributed by atoms with E-state index in [2.05, 4.69) is 10.1 Å². The van der Waals surface area contributed by atoms with E-state index in [-0.39, 0.29) is 11.3 Å². The lowest BCUT2D eigenvalue weighted by molar-refractivity contribution is 0.0607. The lowest BCUT2D eigenvalue weighted by Gasteiger charge is -2.41. The highest BCUT2D eigenvalue weighted by Crippen LogP contribution is 2.46. The summed E-state index contributed by atoms with van der Waals surface area (Å²) in [5.41, 5.74) is 1.43. The molecule has 0 bridgehead atoms. The molecule has 1 aliphatic heterocycles. The number of nitrogens with zero attached hydrogens (tertiary/aromatic N) is 4. The highest BCUT2D eigenvalue weighted by Gasteiger charge is 2.46. The van der Waals surface area contributed by atoms with Gasteiger partial charge in [0.15, 0.2) is 5.82 Å². The van der Waals surface area contributed by atoms with E-state index in [1.165, 1.54) is 12.8 Å². The van der Waals surface area contributed by atoms with Gasteiger partial charge in [-0.1, -0.05) is 18.0 Å². The molecule has 1 atom stereocenters. The minimum atomic E-state index is -0.222. The maximum Gasteiger partial charge on any atom is 0.258 e. The van der Waals surface area contributed by atoms with Crippen LogP contribution in [0.3, 0.4) is 0 Å². The number of amides is 1. The summed E-state index contributed by atoms with van der Waals surface area (Å²) in [6.45, 7) is 1.45. The summed E-state index contributed by atoms with van der Waals surface area (Å²) < 4.78 is 5.61. The Morgan fingerprint density at radius 1 is 1.29 bits per heavy atom. The maximum atomic E-state index is 13.0. The fourth-order valence-corrected chi connectivity index (χ4v) is 4.87. The number of pyridine rings is 1. The van der Waals surface area contributed by atoms with Gasteiger partial charge in [-0.15, -0.1) is 0 Å². The maximum absolute atomic E-state index is 13.0. The van der Waals surface area contributed by atoms with Crippen molar-refractivity contribution < 1.29 is 9.32 Å². The molecule has 0 aromatic carbocycles. The Kier molecular flexibility index (Phi) is 4.47. The molecule has 3 aromatic heterocycles. The molecule has 1 amide bonds. The van der Waals surface area contributed by atoms with Crippen LogP contribution < -0.4 is 0 Å². The molecule has 6 nitrogen and oxygen atoms in total. The third-order valence-electron chi connectivity index (χ3n) is 5.84. The van der Waals surface area contributed by atoms with Crippen molar-refractivity contribution in [3.8, 4) is 11.5 Å². The second kappa shape index (κ2) is 7.13. The normalized spacial score (nSPS) is 22.4. The molecule has 28 heavy (non-hydrogen) atoms. The van der Waals surface area contributed by atoms with E-state index in [9.17, 15) is 4.79 Å². The van der Waals surface area contributed by atoms with E-state index in [0.29, 0.717) is 18.4 Å².